The Hall–Kier alpha value is -0.460. The molecule has 0 aliphatic carbocycles. The van der Waals surface area contributed by atoms with Gasteiger partial charge >= 0.3 is 7.60 Å². The van der Waals surface area contributed by atoms with E-state index in [0.717, 1.165) is 25.9 Å². The van der Waals surface area contributed by atoms with Crippen molar-refractivity contribution in [3.05, 3.63) is 0 Å². The molecule has 34 heavy (non-hydrogen) atoms. The molecule has 2 atom stereocenters. The third-order valence-electron chi connectivity index (χ3n) is 6.40. The van der Waals surface area contributed by atoms with Gasteiger partial charge in [0.15, 0.2) is 0 Å². The van der Waals surface area contributed by atoms with Crippen LogP contribution in [0, 0.1) is 0 Å². The molecule has 0 amide bonds. The molecule has 0 saturated carbocycles. The molecule has 0 radical (unpaired) electrons. The minimum absolute atomic E-state index is 0.0950. The highest BCUT2D eigenvalue weighted by molar-refractivity contribution is 7.52. The first-order valence-electron chi connectivity index (χ1n) is 14.0. The largest absolute Gasteiger partial charge is 0.460 e. The topological polar surface area (TPSA) is 86.5 Å². The van der Waals surface area contributed by atoms with Crippen LogP contribution >= 0.6 is 7.60 Å². The molecule has 204 valence electrons. The summed E-state index contributed by atoms with van der Waals surface area (Å²) in [7, 11) is -3.70. The van der Waals surface area contributed by atoms with Crippen molar-refractivity contribution < 1.29 is 33.2 Å². The van der Waals surface area contributed by atoms with E-state index in [2.05, 4.69) is 6.92 Å². The molecule has 0 aliphatic rings. The molecule has 0 bridgehead atoms. The van der Waals surface area contributed by atoms with E-state index in [1.54, 1.807) is 0 Å². The molecule has 0 spiro atoms. The van der Waals surface area contributed by atoms with Crippen LogP contribution in [0.1, 0.15) is 111 Å². The first-order valence-corrected chi connectivity index (χ1v) is 15.7. The average molecular weight is 509 g/mol. The minimum atomic E-state index is -3.70. The molecule has 0 fully saturated rings. The zero-order valence-corrected chi connectivity index (χ0v) is 23.3. The van der Waals surface area contributed by atoms with Crippen LogP contribution in [0.15, 0.2) is 0 Å². The second-order valence-electron chi connectivity index (χ2n) is 9.39. The smallest absolute Gasteiger partial charge is 0.333 e. The summed E-state index contributed by atoms with van der Waals surface area (Å²) in [6.45, 7) is 9.73. The normalized spacial score (nSPS) is 14.3. The zero-order valence-electron chi connectivity index (χ0n) is 22.4. The Bertz CT molecular complexity index is 490. The lowest BCUT2D eigenvalue weighted by Crippen LogP contribution is -3.11. The molecule has 0 heterocycles. The molecule has 2 unspecified atom stereocenters. The summed E-state index contributed by atoms with van der Waals surface area (Å²) >= 11 is 0. The van der Waals surface area contributed by atoms with Crippen LogP contribution in [-0.4, -0.2) is 63.1 Å². The quantitative estimate of drug-likeness (QED) is 0.0906. The maximum absolute atomic E-state index is 12.2. The van der Waals surface area contributed by atoms with E-state index in [1.807, 2.05) is 13.8 Å². The third kappa shape index (κ3) is 22.0. The molecular formula is C26H55NO6P+. The standard InChI is InChI=1S/C26H54NO6P/c1-4-7-8-9-10-11-12-13-14-15-16-17-18-19-21-31-23-26(32-25-28)24-33-34(29,30)22-20-27(5-2)6-3/h25-26H,4-24H2,1-3H3,(H,29,30)/p+1. The molecule has 0 rings (SSSR count). The van der Waals surface area contributed by atoms with Crippen LogP contribution in [-0.2, 0) is 23.4 Å². The third-order valence-corrected chi connectivity index (χ3v) is 7.75. The fraction of sp³-hybridized carbons (Fsp3) is 0.962. The van der Waals surface area contributed by atoms with Crippen molar-refractivity contribution in [2.24, 2.45) is 0 Å². The van der Waals surface area contributed by atoms with E-state index < -0.39 is 13.7 Å². The van der Waals surface area contributed by atoms with Gasteiger partial charge in [-0.3, -0.25) is 9.36 Å². The van der Waals surface area contributed by atoms with Crippen molar-refractivity contribution in [3.8, 4) is 0 Å². The Morgan fingerprint density at radius 1 is 0.794 bits per heavy atom. The van der Waals surface area contributed by atoms with Crippen LogP contribution in [0.3, 0.4) is 0 Å². The molecule has 0 aromatic heterocycles. The number of hydrogen-bond donors (Lipinski definition) is 2. The van der Waals surface area contributed by atoms with Crippen LogP contribution in [0.5, 0.6) is 0 Å². The maximum Gasteiger partial charge on any atom is 0.333 e. The number of unbranched alkanes of at least 4 members (excludes halogenated alkanes) is 13. The van der Waals surface area contributed by atoms with Crippen molar-refractivity contribution in [1.29, 1.82) is 0 Å². The molecule has 8 heteroatoms. The zero-order chi connectivity index (χ0) is 25.3. The lowest BCUT2D eigenvalue weighted by Gasteiger charge is -2.20. The van der Waals surface area contributed by atoms with Gasteiger partial charge in [0.05, 0.1) is 39.0 Å². The van der Waals surface area contributed by atoms with Crippen molar-refractivity contribution >= 4 is 14.1 Å². The summed E-state index contributed by atoms with van der Waals surface area (Å²) in [5, 5.41) is 0. The fourth-order valence-corrected chi connectivity index (χ4v) is 5.11. The van der Waals surface area contributed by atoms with Gasteiger partial charge in [-0.2, -0.15) is 0 Å². The first-order chi connectivity index (χ1) is 16.5. The number of ether oxygens (including phenoxy) is 2. The van der Waals surface area contributed by atoms with E-state index in [-0.39, 0.29) is 19.4 Å². The van der Waals surface area contributed by atoms with Gasteiger partial charge in [-0.05, 0) is 20.3 Å². The summed E-state index contributed by atoms with van der Waals surface area (Å²) in [6.07, 6.45) is 17.8. The van der Waals surface area contributed by atoms with E-state index in [4.69, 9.17) is 14.0 Å². The van der Waals surface area contributed by atoms with Gasteiger partial charge in [-0.25, -0.2) is 0 Å². The van der Waals surface area contributed by atoms with E-state index in [9.17, 15) is 14.3 Å². The minimum Gasteiger partial charge on any atom is -0.460 e. The predicted molar refractivity (Wildman–Crippen MR) is 140 cm³/mol. The molecule has 0 saturated heterocycles. The van der Waals surface area contributed by atoms with Crippen molar-refractivity contribution in [3.63, 3.8) is 0 Å². The lowest BCUT2D eigenvalue weighted by atomic mass is 10.0. The van der Waals surface area contributed by atoms with Crippen molar-refractivity contribution in [1.82, 2.24) is 0 Å². The number of carbonyl (C=O) groups is 1. The summed E-state index contributed by atoms with van der Waals surface area (Å²) in [5.41, 5.74) is 0. The Morgan fingerprint density at radius 3 is 1.76 bits per heavy atom. The van der Waals surface area contributed by atoms with Crippen LogP contribution in [0.4, 0.5) is 0 Å². The average Bonchev–Trinajstić information content (AvgIpc) is 2.82. The second kappa shape index (κ2) is 24.2. The summed E-state index contributed by atoms with van der Waals surface area (Å²) in [5.74, 6) is 0. The van der Waals surface area contributed by atoms with E-state index in [1.165, 1.54) is 81.9 Å². The fourth-order valence-electron chi connectivity index (χ4n) is 3.99. The van der Waals surface area contributed by atoms with Gasteiger partial charge in [-0.15, -0.1) is 0 Å². The predicted octanol–water partition coefficient (Wildman–Crippen LogP) is 5.15. The molecular weight excluding hydrogens is 453 g/mol. The highest BCUT2D eigenvalue weighted by Crippen LogP contribution is 2.40. The van der Waals surface area contributed by atoms with Gasteiger partial charge in [0.1, 0.15) is 6.10 Å². The van der Waals surface area contributed by atoms with Crippen molar-refractivity contribution in [2.75, 3.05) is 45.6 Å². The Balaban J connectivity index is 3.67. The van der Waals surface area contributed by atoms with Gasteiger partial charge < -0.3 is 23.8 Å². The number of carbonyl (C=O) groups excluding carboxylic acids is 1. The van der Waals surface area contributed by atoms with Crippen molar-refractivity contribution in [2.45, 2.75) is 117 Å². The molecule has 0 aromatic rings. The second-order valence-corrected chi connectivity index (χ2v) is 11.4. The Morgan fingerprint density at radius 2 is 1.29 bits per heavy atom. The summed E-state index contributed by atoms with van der Waals surface area (Å²) in [4.78, 5) is 22.0. The molecule has 2 N–H and O–H groups in total. The Kier molecular flexibility index (Phi) is 23.9. The SMILES string of the molecule is CCCCCCCCCCCCCCCCOCC(COP(=O)(O)CC[NH+](CC)CC)OC=O. The first kappa shape index (κ1) is 33.5. The van der Waals surface area contributed by atoms with Gasteiger partial charge in [0, 0.05) is 6.61 Å². The van der Waals surface area contributed by atoms with Gasteiger partial charge in [-0.1, -0.05) is 90.4 Å². The van der Waals surface area contributed by atoms with Gasteiger partial charge in [0.2, 0.25) is 0 Å². The lowest BCUT2D eigenvalue weighted by molar-refractivity contribution is -0.893. The van der Waals surface area contributed by atoms with Gasteiger partial charge in [0.25, 0.3) is 6.47 Å². The number of hydrogen-bond acceptors (Lipinski definition) is 5. The summed E-state index contributed by atoms with van der Waals surface area (Å²) in [6, 6.07) is 0. The Labute approximate surface area is 209 Å². The van der Waals surface area contributed by atoms with Crippen LogP contribution in [0.2, 0.25) is 0 Å². The number of rotatable bonds is 27. The highest BCUT2D eigenvalue weighted by Gasteiger charge is 2.24. The number of nitrogens with one attached hydrogen (secondary N) is 1. The number of quaternary nitrogens is 1. The highest BCUT2D eigenvalue weighted by atomic mass is 31.2. The van der Waals surface area contributed by atoms with Crippen LogP contribution in [0.25, 0.3) is 0 Å². The summed E-state index contributed by atoms with van der Waals surface area (Å²) < 4.78 is 28.0. The van der Waals surface area contributed by atoms with E-state index >= 15 is 0 Å². The molecule has 0 aromatic carbocycles. The maximum atomic E-state index is 12.2. The van der Waals surface area contributed by atoms with Crippen LogP contribution < -0.4 is 4.90 Å². The van der Waals surface area contributed by atoms with E-state index in [0.29, 0.717) is 19.6 Å². The molecule has 0 aliphatic heterocycles. The molecule has 7 nitrogen and oxygen atoms in total. The monoisotopic (exact) mass is 508 g/mol.